The van der Waals surface area contributed by atoms with E-state index in [1.807, 2.05) is 31.2 Å². The van der Waals surface area contributed by atoms with Crippen molar-refractivity contribution in [2.24, 2.45) is 5.92 Å². The van der Waals surface area contributed by atoms with Gasteiger partial charge in [0.1, 0.15) is 0 Å². The predicted molar refractivity (Wildman–Crippen MR) is 89.2 cm³/mol. The van der Waals surface area contributed by atoms with Crippen LogP contribution in [0.1, 0.15) is 57.4 Å². The van der Waals surface area contributed by atoms with Crippen molar-refractivity contribution < 1.29 is 14.3 Å². The van der Waals surface area contributed by atoms with Gasteiger partial charge in [0, 0.05) is 11.6 Å². The van der Waals surface area contributed by atoms with E-state index in [9.17, 15) is 9.59 Å². The summed E-state index contributed by atoms with van der Waals surface area (Å²) >= 11 is 0. The highest BCUT2D eigenvalue weighted by Crippen LogP contribution is 2.49. The fourth-order valence-corrected chi connectivity index (χ4v) is 3.49. The van der Waals surface area contributed by atoms with Gasteiger partial charge in [-0.3, -0.25) is 9.59 Å². The molecule has 124 valence electrons. The monoisotopic (exact) mass is 315 g/mol. The molecule has 1 N–H and O–H groups in total. The Balaban J connectivity index is 1.63. The number of ether oxygens (including phenoxy) is 1. The Morgan fingerprint density at radius 3 is 2.35 bits per heavy atom. The third kappa shape index (κ3) is 3.41. The number of esters is 1. The van der Waals surface area contributed by atoms with Crippen LogP contribution in [0, 0.1) is 5.92 Å². The lowest BCUT2D eigenvalue weighted by Crippen LogP contribution is -2.25. The van der Waals surface area contributed by atoms with Gasteiger partial charge in [0.2, 0.25) is 5.91 Å². The Bertz CT molecular complexity index is 569. The fourth-order valence-electron chi connectivity index (χ4n) is 3.49. The van der Waals surface area contributed by atoms with Gasteiger partial charge in [-0.1, -0.05) is 31.4 Å². The lowest BCUT2D eigenvalue weighted by molar-refractivity contribution is -0.146. The second kappa shape index (κ2) is 6.73. The molecule has 0 saturated heterocycles. The molecule has 0 spiro atoms. The number of hydrogen-bond acceptors (Lipinski definition) is 3. The fraction of sp³-hybridized carbons (Fsp3) is 0.579. The Labute approximate surface area is 137 Å². The number of anilines is 1. The minimum atomic E-state index is -0.443. The molecule has 4 nitrogen and oxygen atoms in total. The van der Waals surface area contributed by atoms with Crippen LogP contribution in [0.3, 0.4) is 0 Å². The van der Waals surface area contributed by atoms with Crippen LogP contribution in [0.2, 0.25) is 0 Å². The SMILES string of the molecule is CCOC(=O)C1(c2ccc(NC(=O)C3CCCCC3)cc2)CC1. The van der Waals surface area contributed by atoms with Crippen LogP contribution in [0.15, 0.2) is 24.3 Å². The first kappa shape index (κ1) is 16.0. The smallest absolute Gasteiger partial charge is 0.316 e. The molecule has 0 radical (unpaired) electrons. The topological polar surface area (TPSA) is 55.4 Å². The second-order valence-electron chi connectivity index (χ2n) is 6.70. The summed E-state index contributed by atoms with van der Waals surface area (Å²) in [6.45, 7) is 2.24. The first-order valence-electron chi connectivity index (χ1n) is 8.74. The molecule has 1 aromatic carbocycles. The third-order valence-corrected chi connectivity index (χ3v) is 5.10. The summed E-state index contributed by atoms with van der Waals surface area (Å²) in [7, 11) is 0. The highest BCUT2D eigenvalue weighted by atomic mass is 16.5. The minimum Gasteiger partial charge on any atom is -0.465 e. The molecule has 23 heavy (non-hydrogen) atoms. The number of benzene rings is 1. The summed E-state index contributed by atoms with van der Waals surface area (Å²) in [6, 6.07) is 7.69. The zero-order valence-corrected chi connectivity index (χ0v) is 13.8. The van der Waals surface area contributed by atoms with Crippen molar-refractivity contribution in [2.45, 2.75) is 57.3 Å². The number of carbonyl (C=O) groups is 2. The van der Waals surface area contributed by atoms with E-state index in [4.69, 9.17) is 4.74 Å². The molecule has 2 fully saturated rings. The largest absolute Gasteiger partial charge is 0.465 e. The van der Waals surface area contributed by atoms with Crippen molar-refractivity contribution in [3.8, 4) is 0 Å². The lowest BCUT2D eigenvalue weighted by atomic mass is 9.88. The normalized spacial score (nSPS) is 19.9. The van der Waals surface area contributed by atoms with E-state index in [1.165, 1.54) is 6.42 Å². The quantitative estimate of drug-likeness (QED) is 0.841. The number of carbonyl (C=O) groups excluding carboxylic acids is 2. The Kier molecular flexibility index (Phi) is 4.69. The van der Waals surface area contributed by atoms with Crippen LogP contribution in [-0.4, -0.2) is 18.5 Å². The summed E-state index contributed by atoms with van der Waals surface area (Å²) in [5, 5.41) is 3.01. The van der Waals surface area contributed by atoms with Gasteiger partial charge in [-0.15, -0.1) is 0 Å². The van der Waals surface area contributed by atoms with Gasteiger partial charge < -0.3 is 10.1 Å². The van der Waals surface area contributed by atoms with E-state index < -0.39 is 5.41 Å². The highest BCUT2D eigenvalue weighted by molar-refractivity contribution is 5.93. The summed E-state index contributed by atoms with van der Waals surface area (Å²) in [5.41, 5.74) is 1.36. The zero-order chi connectivity index (χ0) is 16.3. The average Bonchev–Trinajstić information content (AvgIpc) is 3.38. The first-order valence-corrected chi connectivity index (χ1v) is 8.74. The van der Waals surface area contributed by atoms with E-state index in [2.05, 4.69) is 5.32 Å². The third-order valence-electron chi connectivity index (χ3n) is 5.10. The molecule has 0 atom stereocenters. The van der Waals surface area contributed by atoms with Gasteiger partial charge >= 0.3 is 5.97 Å². The maximum Gasteiger partial charge on any atom is 0.316 e. The molecular formula is C19H25NO3. The summed E-state index contributed by atoms with van der Waals surface area (Å²) in [4.78, 5) is 24.4. The van der Waals surface area contributed by atoms with Crippen LogP contribution in [0.4, 0.5) is 5.69 Å². The van der Waals surface area contributed by atoms with Crippen LogP contribution in [0.5, 0.6) is 0 Å². The highest BCUT2D eigenvalue weighted by Gasteiger charge is 2.52. The number of nitrogens with one attached hydrogen (secondary N) is 1. The van der Waals surface area contributed by atoms with Crippen LogP contribution >= 0.6 is 0 Å². The Hall–Kier alpha value is -1.84. The number of amides is 1. The lowest BCUT2D eigenvalue weighted by Gasteiger charge is -2.21. The van der Waals surface area contributed by atoms with Gasteiger partial charge in [0.05, 0.1) is 12.0 Å². The van der Waals surface area contributed by atoms with Crippen molar-refractivity contribution in [1.82, 2.24) is 0 Å². The molecule has 0 aromatic heterocycles. The molecule has 0 heterocycles. The van der Waals surface area contributed by atoms with Gasteiger partial charge in [-0.25, -0.2) is 0 Å². The minimum absolute atomic E-state index is 0.126. The van der Waals surface area contributed by atoms with Gasteiger partial charge in [-0.05, 0) is 50.3 Å². The molecule has 1 aromatic rings. The first-order chi connectivity index (χ1) is 11.2. The number of hydrogen-bond donors (Lipinski definition) is 1. The zero-order valence-electron chi connectivity index (χ0n) is 13.8. The Morgan fingerprint density at radius 2 is 1.78 bits per heavy atom. The molecule has 0 unspecified atom stereocenters. The van der Waals surface area contributed by atoms with Crippen molar-refractivity contribution in [1.29, 1.82) is 0 Å². The van der Waals surface area contributed by atoms with Crippen LogP contribution in [-0.2, 0) is 19.7 Å². The molecule has 0 aliphatic heterocycles. The van der Waals surface area contributed by atoms with Crippen LogP contribution in [0.25, 0.3) is 0 Å². The van der Waals surface area contributed by atoms with E-state index in [0.29, 0.717) is 6.61 Å². The van der Waals surface area contributed by atoms with E-state index in [0.717, 1.165) is 49.8 Å². The van der Waals surface area contributed by atoms with Crippen molar-refractivity contribution >= 4 is 17.6 Å². The van der Waals surface area contributed by atoms with E-state index >= 15 is 0 Å². The molecule has 2 aliphatic carbocycles. The molecule has 1 amide bonds. The summed E-state index contributed by atoms with van der Waals surface area (Å²) in [5.74, 6) is 0.153. The number of rotatable bonds is 5. The van der Waals surface area contributed by atoms with Crippen molar-refractivity contribution in [2.75, 3.05) is 11.9 Å². The van der Waals surface area contributed by atoms with Crippen molar-refractivity contribution in [3.63, 3.8) is 0 Å². The maximum absolute atomic E-state index is 12.3. The Morgan fingerprint density at radius 1 is 1.13 bits per heavy atom. The average molecular weight is 315 g/mol. The summed E-state index contributed by atoms with van der Waals surface area (Å²) in [6.07, 6.45) is 7.23. The molecule has 3 rings (SSSR count). The van der Waals surface area contributed by atoms with Crippen molar-refractivity contribution in [3.05, 3.63) is 29.8 Å². The van der Waals surface area contributed by atoms with Gasteiger partial charge in [-0.2, -0.15) is 0 Å². The molecular weight excluding hydrogens is 290 g/mol. The maximum atomic E-state index is 12.3. The van der Waals surface area contributed by atoms with Gasteiger partial charge in [0.15, 0.2) is 0 Å². The standard InChI is InChI=1S/C19H25NO3/c1-2-23-18(22)19(12-13-19)15-8-10-16(11-9-15)20-17(21)14-6-4-3-5-7-14/h8-11,14H,2-7,12-13H2,1H3,(H,20,21). The van der Waals surface area contributed by atoms with Crippen LogP contribution < -0.4 is 5.32 Å². The van der Waals surface area contributed by atoms with E-state index in [-0.39, 0.29) is 17.8 Å². The predicted octanol–water partition coefficient (Wildman–Crippen LogP) is 3.80. The summed E-state index contributed by atoms with van der Waals surface area (Å²) < 4.78 is 5.19. The molecule has 2 aliphatic rings. The second-order valence-corrected chi connectivity index (χ2v) is 6.70. The molecule has 4 heteroatoms. The van der Waals surface area contributed by atoms with Gasteiger partial charge in [0.25, 0.3) is 0 Å². The molecule has 0 bridgehead atoms. The molecule has 2 saturated carbocycles. The van der Waals surface area contributed by atoms with E-state index in [1.54, 1.807) is 0 Å².